The van der Waals surface area contributed by atoms with E-state index >= 15 is 0 Å². The standard InChI is InChI=1S/C21H15ClN2O4/c22-16-11-9-14(10-12-16)21(27)28-19-8-4-1-5-15(19)13-23-24-20(26)17-6-2-3-7-18(17)25/h1-13,25H,(H,24,26). The SMILES string of the molecule is O=C(Oc1ccccc1C=NNC(=O)c1ccccc1O)c1ccc(Cl)cc1. The molecule has 0 aliphatic rings. The number of carbonyl (C=O) groups excluding carboxylic acids is 2. The highest BCUT2D eigenvalue weighted by atomic mass is 35.5. The molecule has 0 atom stereocenters. The Hall–Kier alpha value is -3.64. The lowest BCUT2D eigenvalue weighted by molar-refractivity contribution is 0.0734. The lowest BCUT2D eigenvalue weighted by Crippen LogP contribution is -2.17. The number of hydrogen-bond donors (Lipinski definition) is 2. The quantitative estimate of drug-likeness (QED) is 0.296. The second-order valence-electron chi connectivity index (χ2n) is 5.65. The van der Waals surface area contributed by atoms with Gasteiger partial charge in [-0.25, -0.2) is 10.2 Å². The molecular weight excluding hydrogens is 380 g/mol. The van der Waals surface area contributed by atoms with Crippen molar-refractivity contribution in [1.82, 2.24) is 5.43 Å². The number of nitrogens with zero attached hydrogens (tertiary/aromatic N) is 1. The van der Waals surface area contributed by atoms with Crippen LogP contribution in [0.4, 0.5) is 0 Å². The van der Waals surface area contributed by atoms with Gasteiger partial charge >= 0.3 is 5.97 Å². The number of ether oxygens (including phenoxy) is 1. The zero-order valence-corrected chi connectivity index (χ0v) is 15.3. The van der Waals surface area contributed by atoms with E-state index in [0.29, 0.717) is 16.1 Å². The summed E-state index contributed by atoms with van der Waals surface area (Å²) in [6.07, 6.45) is 1.35. The van der Waals surface area contributed by atoms with E-state index in [-0.39, 0.29) is 17.1 Å². The number of rotatable bonds is 5. The Morgan fingerprint density at radius 3 is 2.39 bits per heavy atom. The Morgan fingerprint density at radius 2 is 1.64 bits per heavy atom. The summed E-state index contributed by atoms with van der Waals surface area (Å²) in [6.45, 7) is 0. The number of phenolic OH excluding ortho intramolecular Hbond substituents is 1. The minimum atomic E-state index is -0.565. The predicted octanol–water partition coefficient (Wildman–Crippen LogP) is 4.03. The number of hydrazone groups is 1. The van der Waals surface area contributed by atoms with Crippen LogP contribution in [-0.4, -0.2) is 23.2 Å². The van der Waals surface area contributed by atoms with Crippen molar-refractivity contribution in [3.63, 3.8) is 0 Å². The van der Waals surface area contributed by atoms with E-state index in [1.54, 1.807) is 60.7 Å². The van der Waals surface area contributed by atoms with Gasteiger partial charge in [0.2, 0.25) is 0 Å². The largest absolute Gasteiger partial charge is 0.507 e. The third-order valence-corrected chi connectivity index (χ3v) is 3.97. The molecule has 0 aliphatic carbocycles. The summed E-state index contributed by atoms with van der Waals surface area (Å²) in [5.74, 6) is -0.976. The van der Waals surface area contributed by atoms with Gasteiger partial charge in [-0.05, 0) is 48.5 Å². The van der Waals surface area contributed by atoms with E-state index in [9.17, 15) is 14.7 Å². The third kappa shape index (κ3) is 4.75. The maximum Gasteiger partial charge on any atom is 0.343 e. The van der Waals surface area contributed by atoms with Crippen LogP contribution in [0.25, 0.3) is 0 Å². The molecule has 0 bridgehead atoms. The summed E-state index contributed by atoms with van der Waals surface area (Å²) >= 11 is 5.82. The second-order valence-corrected chi connectivity index (χ2v) is 6.09. The number of phenols is 1. The molecule has 0 heterocycles. The number of para-hydroxylation sites is 2. The van der Waals surface area contributed by atoms with Gasteiger partial charge in [-0.15, -0.1) is 0 Å². The third-order valence-electron chi connectivity index (χ3n) is 3.72. The average Bonchev–Trinajstić information content (AvgIpc) is 2.70. The Bertz CT molecular complexity index is 1030. The molecule has 0 saturated carbocycles. The molecule has 0 unspecified atom stereocenters. The van der Waals surface area contributed by atoms with Crippen LogP contribution in [0.15, 0.2) is 77.9 Å². The van der Waals surface area contributed by atoms with E-state index in [0.717, 1.165) is 0 Å². The molecule has 0 radical (unpaired) electrons. The Morgan fingerprint density at radius 1 is 0.964 bits per heavy atom. The van der Waals surface area contributed by atoms with Gasteiger partial charge in [0.05, 0.1) is 17.3 Å². The zero-order chi connectivity index (χ0) is 19.9. The van der Waals surface area contributed by atoms with E-state index < -0.39 is 11.9 Å². The van der Waals surface area contributed by atoms with Crippen LogP contribution in [0, 0.1) is 0 Å². The molecule has 0 spiro atoms. The first-order valence-corrected chi connectivity index (χ1v) is 8.60. The molecule has 3 aromatic carbocycles. The molecule has 2 N–H and O–H groups in total. The fourth-order valence-corrected chi connectivity index (χ4v) is 2.44. The van der Waals surface area contributed by atoms with Gasteiger partial charge in [-0.1, -0.05) is 35.9 Å². The summed E-state index contributed by atoms with van der Waals surface area (Å²) in [6, 6.07) is 19.2. The van der Waals surface area contributed by atoms with Gasteiger partial charge in [0.1, 0.15) is 11.5 Å². The average molecular weight is 395 g/mol. The van der Waals surface area contributed by atoms with Crippen molar-refractivity contribution in [2.24, 2.45) is 5.10 Å². The number of benzene rings is 3. The number of carbonyl (C=O) groups is 2. The molecule has 28 heavy (non-hydrogen) atoms. The first-order valence-electron chi connectivity index (χ1n) is 8.23. The first-order chi connectivity index (χ1) is 13.5. The summed E-state index contributed by atoms with van der Waals surface area (Å²) in [7, 11) is 0. The number of amides is 1. The van der Waals surface area contributed by atoms with Gasteiger partial charge in [0.25, 0.3) is 5.91 Å². The van der Waals surface area contributed by atoms with Crippen molar-refractivity contribution in [2.75, 3.05) is 0 Å². The second kappa shape index (κ2) is 8.83. The monoisotopic (exact) mass is 394 g/mol. The van der Waals surface area contributed by atoms with Crippen LogP contribution in [0.5, 0.6) is 11.5 Å². The highest BCUT2D eigenvalue weighted by molar-refractivity contribution is 6.30. The number of hydrogen-bond acceptors (Lipinski definition) is 5. The predicted molar refractivity (Wildman–Crippen MR) is 106 cm³/mol. The normalized spacial score (nSPS) is 10.6. The molecule has 0 aliphatic heterocycles. The molecule has 1 amide bonds. The molecule has 0 saturated heterocycles. The summed E-state index contributed by atoms with van der Waals surface area (Å²) in [5.41, 5.74) is 3.26. The minimum Gasteiger partial charge on any atom is -0.507 e. The summed E-state index contributed by atoms with van der Waals surface area (Å²) < 4.78 is 5.41. The van der Waals surface area contributed by atoms with Gasteiger partial charge in [0.15, 0.2) is 0 Å². The summed E-state index contributed by atoms with van der Waals surface area (Å²) in [5, 5.41) is 14.1. The molecule has 3 aromatic rings. The molecule has 3 rings (SSSR count). The van der Waals surface area contributed by atoms with Crippen molar-refractivity contribution < 1.29 is 19.4 Å². The fourth-order valence-electron chi connectivity index (χ4n) is 2.31. The number of esters is 1. The Kier molecular flexibility index (Phi) is 6.04. The van der Waals surface area contributed by atoms with Gasteiger partial charge in [-0.3, -0.25) is 4.79 Å². The number of aromatic hydroxyl groups is 1. The van der Waals surface area contributed by atoms with Crippen LogP contribution in [0.2, 0.25) is 5.02 Å². The number of halogens is 1. The highest BCUT2D eigenvalue weighted by Crippen LogP contribution is 2.19. The van der Waals surface area contributed by atoms with Gasteiger partial charge in [0, 0.05) is 10.6 Å². The topological polar surface area (TPSA) is 88.0 Å². The van der Waals surface area contributed by atoms with Crippen LogP contribution in [0.1, 0.15) is 26.3 Å². The highest BCUT2D eigenvalue weighted by Gasteiger charge is 2.11. The van der Waals surface area contributed by atoms with Crippen molar-refractivity contribution >= 4 is 29.7 Å². The van der Waals surface area contributed by atoms with Crippen molar-refractivity contribution in [1.29, 1.82) is 0 Å². The van der Waals surface area contributed by atoms with Crippen molar-refractivity contribution in [3.05, 3.63) is 94.5 Å². The first kappa shape index (κ1) is 19.1. The maximum absolute atomic E-state index is 12.3. The van der Waals surface area contributed by atoms with Crippen LogP contribution < -0.4 is 10.2 Å². The fraction of sp³-hybridized carbons (Fsp3) is 0. The van der Waals surface area contributed by atoms with Crippen LogP contribution in [0.3, 0.4) is 0 Å². The van der Waals surface area contributed by atoms with E-state index in [4.69, 9.17) is 16.3 Å². The number of nitrogens with one attached hydrogen (secondary N) is 1. The molecule has 140 valence electrons. The molecule has 6 nitrogen and oxygen atoms in total. The minimum absolute atomic E-state index is 0.0992. The molecule has 0 fully saturated rings. The van der Waals surface area contributed by atoms with Gasteiger partial charge in [-0.2, -0.15) is 5.10 Å². The Labute approximate surface area is 166 Å². The lowest BCUT2D eigenvalue weighted by atomic mass is 10.2. The van der Waals surface area contributed by atoms with Crippen LogP contribution in [-0.2, 0) is 0 Å². The van der Waals surface area contributed by atoms with Crippen molar-refractivity contribution in [2.45, 2.75) is 0 Å². The van der Waals surface area contributed by atoms with Crippen LogP contribution >= 0.6 is 11.6 Å². The van der Waals surface area contributed by atoms with E-state index in [1.165, 1.54) is 18.3 Å². The lowest BCUT2D eigenvalue weighted by Gasteiger charge is -2.07. The zero-order valence-electron chi connectivity index (χ0n) is 14.5. The smallest absolute Gasteiger partial charge is 0.343 e. The molecular formula is C21H15ClN2O4. The van der Waals surface area contributed by atoms with Gasteiger partial charge < -0.3 is 9.84 Å². The molecule has 0 aromatic heterocycles. The van der Waals surface area contributed by atoms with Crippen molar-refractivity contribution in [3.8, 4) is 11.5 Å². The van der Waals surface area contributed by atoms with E-state index in [2.05, 4.69) is 10.5 Å². The molecule has 7 heteroatoms. The van der Waals surface area contributed by atoms with E-state index in [1.807, 2.05) is 0 Å². The maximum atomic E-state index is 12.3. The Balaban J connectivity index is 1.70. The summed E-state index contributed by atoms with van der Waals surface area (Å²) in [4.78, 5) is 24.3.